The van der Waals surface area contributed by atoms with E-state index in [1.165, 1.54) is 0 Å². The second-order valence-electron chi connectivity index (χ2n) is 6.07. The molecule has 1 saturated heterocycles. The maximum Gasteiger partial charge on any atom is 0.315 e. The largest absolute Gasteiger partial charge is 0.505 e. The van der Waals surface area contributed by atoms with Crippen molar-refractivity contribution in [3.63, 3.8) is 0 Å². The van der Waals surface area contributed by atoms with E-state index < -0.39 is 28.8 Å². The molecule has 1 aliphatic heterocycles. The number of carboxylic acids is 1. The molecule has 0 spiro atoms. The number of aromatic hydroxyl groups is 1. The number of carbonyl (C=O) groups is 1. The molecule has 1 unspecified atom stereocenters. The Morgan fingerprint density at radius 2 is 1.88 bits per heavy atom. The van der Waals surface area contributed by atoms with E-state index in [0.29, 0.717) is 18.5 Å². The van der Waals surface area contributed by atoms with Crippen LogP contribution in [0.5, 0.6) is 5.75 Å². The quantitative estimate of drug-likeness (QED) is 0.903. The Labute approximate surface area is 138 Å². The van der Waals surface area contributed by atoms with Crippen LogP contribution in [0.25, 0.3) is 0 Å². The van der Waals surface area contributed by atoms with Gasteiger partial charge in [0.25, 0.3) is 0 Å². The maximum absolute atomic E-state index is 14.0. The fourth-order valence-electron chi connectivity index (χ4n) is 3.27. The maximum atomic E-state index is 14.0. The first kappa shape index (κ1) is 16.4. The SMILES string of the molecule is O=C(O)C1(c2ccccc2)CCN(Cc2c(F)ccc(O)c2F)C1. The van der Waals surface area contributed by atoms with Crippen molar-refractivity contribution in [1.29, 1.82) is 0 Å². The van der Waals surface area contributed by atoms with Crippen LogP contribution in [-0.4, -0.2) is 34.2 Å². The van der Waals surface area contributed by atoms with E-state index in [1.807, 2.05) is 6.07 Å². The second kappa shape index (κ2) is 6.20. The van der Waals surface area contributed by atoms with Crippen molar-refractivity contribution in [2.75, 3.05) is 13.1 Å². The summed E-state index contributed by atoms with van der Waals surface area (Å²) in [7, 11) is 0. The molecule has 2 aromatic carbocycles. The highest BCUT2D eigenvalue weighted by Gasteiger charge is 2.46. The summed E-state index contributed by atoms with van der Waals surface area (Å²) in [6.45, 7) is 0.463. The van der Waals surface area contributed by atoms with Gasteiger partial charge in [-0.25, -0.2) is 8.78 Å². The van der Waals surface area contributed by atoms with Crippen LogP contribution in [0, 0.1) is 11.6 Å². The number of halogens is 2. The minimum Gasteiger partial charge on any atom is -0.505 e. The van der Waals surface area contributed by atoms with E-state index in [0.717, 1.165) is 12.1 Å². The number of hydrogen-bond acceptors (Lipinski definition) is 3. The summed E-state index contributed by atoms with van der Waals surface area (Å²) in [5.74, 6) is -3.31. The lowest BCUT2D eigenvalue weighted by atomic mass is 9.80. The Morgan fingerprint density at radius 1 is 1.17 bits per heavy atom. The van der Waals surface area contributed by atoms with E-state index in [2.05, 4.69) is 0 Å². The molecule has 0 aromatic heterocycles. The first-order chi connectivity index (χ1) is 11.4. The highest BCUT2D eigenvalue weighted by atomic mass is 19.1. The first-order valence-electron chi connectivity index (χ1n) is 7.61. The third-order valence-corrected chi connectivity index (χ3v) is 4.63. The summed E-state index contributed by atoms with van der Waals surface area (Å²) in [5.41, 5.74) is -0.661. The van der Waals surface area contributed by atoms with Gasteiger partial charge in [-0.05, 0) is 24.1 Å². The fourth-order valence-corrected chi connectivity index (χ4v) is 3.27. The Kier molecular flexibility index (Phi) is 4.24. The normalized spacial score (nSPS) is 21.1. The molecular formula is C18H17F2NO3. The average Bonchev–Trinajstić information content (AvgIpc) is 3.01. The van der Waals surface area contributed by atoms with E-state index >= 15 is 0 Å². The number of nitrogens with zero attached hydrogens (tertiary/aromatic N) is 1. The van der Waals surface area contributed by atoms with Crippen molar-refractivity contribution in [2.45, 2.75) is 18.4 Å². The van der Waals surface area contributed by atoms with Crippen molar-refractivity contribution < 1.29 is 23.8 Å². The smallest absolute Gasteiger partial charge is 0.315 e. The third-order valence-electron chi connectivity index (χ3n) is 4.63. The zero-order chi connectivity index (χ0) is 17.3. The number of phenols is 1. The molecule has 0 amide bonds. The van der Waals surface area contributed by atoms with E-state index in [9.17, 15) is 23.8 Å². The average molecular weight is 333 g/mol. The van der Waals surface area contributed by atoms with Crippen LogP contribution >= 0.6 is 0 Å². The van der Waals surface area contributed by atoms with Gasteiger partial charge >= 0.3 is 5.97 Å². The van der Waals surface area contributed by atoms with Crippen LogP contribution in [0.15, 0.2) is 42.5 Å². The van der Waals surface area contributed by atoms with Crippen LogP contribution in [0.2, 0.25) is 0 Å². The Bertz CT molecular complexity index is 766. The molecule has 0 radical (unpaired) electrons. The van der Waals surface area contributed by atoms with Gasteiger partial charge < -0.3 is 10.2 Å². The zero-order valence-corrected chi connectivity index (χ0v) is 12.9. The summed E-state index contributed by atoms with van der Waals surface area (Å²) >= 11 is 0. The van der Waals surface area contributed by atoms with Crippen molar-refractivity contribution in [3.05, 3.63) is 65.2 Å². The van der Waals surface area contributed by atoms with Gasteiger partial charge in [0.2, 0.25) is 0 Å². The van der Waals surface area contributed by atoms with E-state index in [-0.39, 0.29) is 18.7 Å². The molecule has 0 saturated carbocycles. The van der Waals surface area contributed by atoms with Crippen LogP contribution in [-0.2, 0) is 16.8 Å². The minimum absolute atomic E-state index is 0.0894. The van der Waals surface area contributed by atoms with Gasteiger partial charge in [-0.15, -0.1) is 0 Å². The number of benzene rings is 2. The second-order valence-corrected chi connectivity index (χ2v) is 6.07. The van der Waals surface area contributed by atoms with Crippen LogP contribution in [0.4, 0.5) is 8.78 Å². The molecule has 126 valence electrons. The topological polar surface area (TPSA) is 60.8 Å². The standard InChI is InChI=1S/C18H17F2NO3/c19-14-6-7-15(22)16(20)13(14)10-21-9-8-18(11-21,17(23)24)12-4-2-1-3-5-12/h1-7,22H,8-11H2,(H,23,24). The van der Waals surface area contributed by atoms with Gasteiger partial charge in [0, 0.05) is 25.2 Å². The first-order valence-corrected chi connectivity index (χ1v) is 7.61. The van der Waals surface area contributed by atoms with Crippen molar-refractivity contribution in [3.8, 4) is 5.75 Å². The van der Waals surface area contributed by atoms with Gasteiger partial charge in [-0.3, -0.25) is 9.69 Å². The number of carboxylic acid groups (broad SMARTS) is 1. The van der Waals surface area contributed by atoms with Gasteiger partial charge in [-0.1, -0.05) is 30.3 Å². The number of phenolic OH excluding ortho intramolecular Hbond substituents is 1. The molecular weight excluding hydrogens is 316 g/mol. The summed E-state index contributed by atoms with van der Waals surface area (Å²) in [6.07, 6.45) is 0.356. The molecule has 24 heavy (non-hydrogen) atoms. The zero-order valence-electron chi connectivity index (χ0n) is 12.9. The van der Waals surface area contributed by atoms with Crippen molar-refractivity contribution in [2.24, 2.45) is 0 Å². The molecule has 2 N–H and O–H groups in total. The molecule has 0 bridgehead atoms. The molecule has 1 aliphatic rings. The molecule has 6 heteroatoms. The molecule has 4 nitrogen and oxygen atoms in total. The predicted molar refractivity (Wildman–Crippen MR) is 83.7 cm³/mol. The van der Waals surface area contributed by atoms with Crippen LogP contribution < -0.4 is 0 Å². The molecule has 1 atom stereocenters. The molecule has 1 heterocycles. The van der Waals surface area contributed by atoms with Crippen molar-refractivity contribution in [1.82, 2.24) is 4.90 Å². The number of likely N-dealkylation sites (tertiary alicyclic amines) is 1. The van der Waals surface area contributed by atoms with E-state index in [1.54, 1.807) is 29.2 Å². The van der Waals surface area contributed by atoms with Gasteiger partial charge in [0.1, 0.15) is 11.2 Å². The number of aliphatic carboxylic acids is 1. The Hall–Kier alpha value is -2.47. The summed E-state index contributed by atoms with van der Waals surface area (Å²) in [4.78, 5) is 13.6. The third kappa shape index (κ3) is 2.73. The number of hydrogen-bond donors (Lipinski definition) is 2. The van der Waals surface area contributed by atoms with Crippen LogP contribution in [0.3, 0.4) is 0 Å². The Balaban J connectivity index is 1.87. The molecule has 3 rings (SSSR count). The van der Waals surface area contributed by atoms with Crippen LogP contribution in [0.1, 0.15) is 17.5 Å². The highest BCUT2D eigenvalue weighted by molar-refractivity contribution is 5.82. The minimum atomic E-state index is -1.09. The molecule has 1 fully saturated rings. The van der Waals surface area contributed by atoms with Gasteiger partial charge in [0.15, 0.2) is 11.6 Å². The summed E-state index contributed by atoms with van der Waals surface area (Å²) < 4.78 is 27.8. The van der Waals surface area contributed by atoms with E-state index in [4.69, 9.17) is 0 Å². The molecule has 2 aromatic rings. The van der Waals surface area contributed by atoms with Crippen molar-refractivity contribution >= 4 is 5.97 Å². The predicted octanol–water partition coefficient (Wildman–Crippen LogP) is 2.90. The monoisotopic (exact) mass is 333 g/mol. The van der Waals surface area contributed by atoms with Gasteiger partial charge in [0.05, 0.1) is 0 Å². The molecule has 0 aliphatic carbocycles. The summed E-state index contributed by atoms with van der Waals surface area (Å²) in [6, 6.07) is 10.8. The lowest BCUT2D eigenvalue weighted by molar-refractivity contribution is -0.143. The fraction of sp³-hybridized carbons (Fsp3) is 0.278. The highest BCUT2D eigenvalue weighted by Crippen LogP contribution is 2.36. The number of rotatable bonds is 4. The lowest BCUT2D eigenvalue weighted by Crippen LogP contribution is -2.38. The lowest BCUT2D eigenvalue weighted by Gasteiger charge is -2.25. The Morgan fingerprint density at radius 3 is 2.54 bits per heavy atom. The summed E-state index contributed by atoms with van der Waals surface area (Å²) in [5, 5.41) is 19.2. The van der Waals surface area contributed by atoms with Gasteiger partial charge in [-0.2, -0.15) is 0 Å².